The summed E-state index contributed by atoms with van der Waals surface area (Å²) in [4.78, 5) is 15.7. The molecule has 2 heterocycles. The van der Waals surface area contributed by atoms with Gasteiger partial charge in [0, 0.05) is 28.8 Å². The van der Waals surface area contributed by atoms with Gasteiger partial charge >= 0.3 is 0 Å². The number of amides is 1. The van der Waals surface area contributed by atoms with E-state index in [2.05, 4.69) is 33.2 Å². The molecule has 1 amide bonds. The number of nitrogens with zero attached hydrogens (tertiary/aromatic N) is 1. The molecule has 0 bridgehead atoms. The lowest BCUT2D eigenvalue weighted by atomic mass is 9.89. The Morgan fingerprint density at radius 2 is 2.38 bits per heavy atom. The summed E-state index contributed by atoms with van der Waals surface area (Å²) in [7, 11) is 0. The number of carbonyl (C=O) groups is 1. The molecule has 0 saturated carbocycles. The topological polar surface area (TPSA) is 51.2 Å². The molecule has 0 spiro atoms. The monoisotopic (exact) mass is 284 g/mol. The molecule has 1 aliphatic heterocycles. The fraction of sp³-hybridized carbons (Fsp3) is 0.455. The van der Waals surface area contributed by atoms with E-state index in [1.807, 2.05) is 0 Å². The highest BCUT2D eigenvalue weighted by molar-refractivity contribution is 9.10. The molecule has 4 nitrogen and oxygen atoms in total. The molecule has 1 saturated heterocycles. The van der Waals surface area contributed by atoms with E-state index < -0.39 is 0 Å². The zero-order chi connectivity index (χ0) is 11.6. The van der Waals surface area contributed by atoms with Crippen LogP contribution in [-0.4, -0.2) is 30.6 Å². The Labute approximate surface area is 103 Å². The fourth-order valence-electron chi connectivity index (χ4n) is 1.48. The van der Waals surface area contributed by atoms with Crippen LogP contribution in [0.15, 0.2) is 22.9 Å². The number of rotatable bonds is 3. The largest absolute Gasteiger partial charge is 0.380 e. The molecule has 0 aromatic carbocycles. The van der Waals surface area contributed by atoms with E-state index in [9.17, 15) is 4.79 Å². The molecular weight excluding hydrogens is 272 g/mol. The molecule has 1 fully saturated rings. The van der Waals surface area contributed by atoms with Crippen molar-refractivity contribution in [3.63, 3.8) is 0 Å². The van der Waals surface area contributed by atoms with Crippen LogP contribution < -0.4 is 5.32 Å². The number of halogens is 1. The minimum Gasteiger partial charge on any atom is -0.380 e. The molecular formula is C11H13BrN2O2. The number of aromatic nitrogens is 1. The third kappa shape index (κ3) is 2.59. The average Bonchev–Trinajstić information content (AvgIpc) is 2.23. The highest BCUT2D eigenvalue weighted by atomic mass is 79.9. The Morgan fingerprint density at radius 3 is 2.94 bits per heavy atom. The smallest absolute Gasteiger partial charge is 0.252 e. The molecule has 0 atom stereocenters. The van der Waals surface area contributed by atoms with Gasteiger partial charge in [-0.1, -0.05) is 6.92 Å². The van der Waals surface area contributed by atoms with Crippen LogP contribution in [0.25, 0.3) is 0 Å². The lowest BCUT2D eigenvalue weighted by Crippen LogP contribution is -2.48. The van der Waals surface area contributed by atoms with Crippen LogP contribution >= 0.6 is 15.9 Å². The standard InChI is InChI=1S/C11H13BrN2O2/c1-11(6-16-7-11)5-14-10(15)8-2-9(12)4-13-3-8/h2-4H,5-7H2,1H3,(H,14,15). The van der Waals surface area contributed by atoms with Gasteiger partial charge in [-0.05, 0) is 22.0 Å². The number of pyridine rings is 1. The molecule has 0 aliphatic carbocycles. The Kier molecular flexibility index (Phi) is 3.25. The van der Waals surface area contributed by atoms with Gasteiger partial charge in [-0.25, -0.2) is 0 Å². The third-order valence-corrected chi connectivity index (χ3v) is 2.98. The maximum absolute atomic E-state index is 11.8. The number of ether oxygens (including phenoxy) is 1. The molecule has 1 aromatic rings. The second-order valence-corrected chi connectivity index (χ2v) is 5.29. The van der Waals surface area contributed by atoms with E-state index in [-0.39, 0.29) is 11.3 Å². The first-order valence-corrected chi connectivity index (χ1v) is 5.85. The zero-order valence-electron chi connectivity index (χ0n) is 9.00. The van der Waals surface area contributed by atoms with Gasteiger partial charge in [0.2, 0.25) is 0 Å². The second-order valence-electron chi connectivity index (χ2n) is 4.38. The normalized spacial score (nSPS) is 17.6. The van der Waals surface area contributed by atoms with Crippen LogP contribution in [0.1, 0.15) is 17.3 Å². The summed E-state index contributed by atoms with van der Waals surface area (Å²) in [6, 6.07) is 1.75. The van der Waals surface area contributed by atoms with Crippen molar-refractivity contribution in [3.05, 3.63) is 28.5 Å². The van der Waals surface area contributed by atoms with Gasteiger partial charge in [0.15, 0.2) is 0 Å². The molecule has 0 unspecified atom stereocenters. The Balaban J connectivity index is 1.93. The number of carbonyl (C=O) groups excluding carboxylic acids is 1. The summed E-state index contributed by atoms with van der Waals surface area (Å²) in [6.07, 6.45) is 3.21. The predicted molar refractivity (Wildman–Crippen MR) is 63.2 cm³/mol. The van der Waals surface area contributed by atoms with E-state index in [0.29, 0.717) is 25.3 Å². The van der Waals surface area contributed by atoms with Crippen LogP contribution in [0, 0.1) is 5.41 Å². The predicted octanol–water partition coefficient (Wildman–Crippen LogP) is 1.61. The van der Waals surface area contributed by atoms with Crippen LogP contribution in [0.3, 0.4) is 0 Å². The van der Waals surface area contributed by atoms with Crippen LogP contribution in [0.4, 0.5) is 0 Å². The van der Waals surface area contributed by atoms with E-state index in [1.54, 1.807) is 18.5 Å². The van der Waals surface area contributed by atoms with Crippen LogP contribution in [0.5, 0.6) is 0 Å². The lowest BCUT2D eigenvalue weighted by molar-refractivity contribution is -0.0978. The molecule has 1 N–H and O–H groups in total. The van der Waals surface area contributed by atoms with Crippen molar-refractivity contribution in [1.82, 2.24) is 10.3 Å². The van der Waals surface area contributed by atoms with Crippen molar-refractivity contribution in [2.45, 2.75) is 6.92 Å². The first kappa shape index (κ1) is 11.5. The van der Waals surface area contributed by atoms with Crippen molar-refractivity contribution in [3.8, 4) is 0 Å². The Bertz CT molecular complexity index is 405. The van der Waals surface area contributed by atoms with E-state index in [4.69, 9.17) is 4.74 Å². The van der Waals surface area contributed by atoms with Gasteiger partial charge in [-0.15, -0.1) is 0 Å². The maximum atomic E-state index is 11.8. The highest BCUT2D eigenvalue weighted by Gasteiger charge is 2.33. The van der Waals surface area contributed by atoms with Gasteiger partial charge in [0.05, 0.1) is 18.8 Å². The van der Waals surface area contributed by atoms with Gasteiger partial charge in [0.1, 0.15) is 0 Å². The average molecular weight is 285 g/mol. The highest BCUT2D eigenvalue weighted by Crippen LogP contribution is 2.25. The fourth-order valence-corrected chi connectivity index (χ4v) is 1.85. The third-order valence-electron chi connectivity index (χ3n) is 2.54. The van der Waals surface area contributed by atoms with Crippen molar-refractivity contribution in [2.75, 3.05) is 19.8 Å². The van der Waals surface area contributed by atoms with Gasteiger partial charge in [0.25, 0.3) is 5.91 Å². The lowest BCUT2D eigenvalue weighted by Gasteiger charge is -2.37. The van der Waals surface area contributed by atoms with Crippen LogP contribution in [0.2, 0.25) is 0 Å². The summed E-state index contributed by atoms with van der Waals surface area (Å²) in [5.41, 5.74) is 0.660. The molecule has 86 valence electrons. The van der Waals surface area contributed by atoms with Gasteiger partial charge < -0.3 is 10.1 Å². The summed E-state index contributed by atoms with van der Waals surface area (Å²) < 4.78 is 5.93. The summed E-state index contributed by atoms with van der Waals surface area (Å²) in [6.45, 7) is 4.16. The van der Waals surface area contributed by atoms with Crippen molar-refractivity contribution >= 4 is 21.8 Å². The van der Waals surface area contributed by atoms with E-state index in [0.717, 1.165) is 4.47 Å². The minimum absolute atomic E-state index is 0.0924. The number of nitrogens with one attached hydrogen (secondary N) is 1. The first-order chi connectivity index (χ1) is 7.59. The number of hydrogen-bond acceptors (Lipinski definition) is 3. The van der Waals surface area contributed by atoms with Crippen LogP contribution in [-0.2, 0) is 4.74 Å². The van der Waals surface area contributed by atoms with Crippen molar-refractivity contribution in [2.24, 2.45) is 5.41 Å². The first-order valence-electron chi connectivity index (χ1n) is 5.06. The zero-order valence-corrected chi connectivity index (χ0v) is 10.6. The van der Waals surface area contributed by atoms with Crippen molar-refractivity contribution in [1.29, 1.82) is 0 Å². The Hall–Kier alpha value is -0.940. The van der Waals surface area contributed by atoms with E-state index in [1.165, 1.54) is 0 Å². The molecule has 2 rings (SSSR count). The SMILES string of the molecule is CC1(CNC(=O)c2cncc(Br)c2)COC1. The van der Waals surface area contributed by atoms with Gasteiger partial charge in [-0.3, -0.25) is 9.78 Å². The molecule has 16 heavy (non-hydrogen) atoms. The van der Waals surface area contributed by atoms with E-state index >= 15 is 0 Å². The molecule has 1 aromatic heterocycles. The summed E-state index contributed by atoms with van der Waals surface area (Å²) in [5.74, 6) is -0.0954. The summed E-state index contributed by atoms with van der Waals surface area (Å²) >= 11 is 3.28. The molecule has 0 radical (unpaired) electrons. The molecule has 1 aliphatic rings. The van der Waals surface area contributed by atoms with Gasteiger partial charge in [-0.2, -0.15) is 0 Å². The minimum atomic E-state index is -0.0954. The number of hydrogen-bond donors (Lipinski definition) is 1. The molecule has 5 heteroatoms. The maximum Gasteiger partial charge on any atom is 0.252 e. The Morgan fingerprint density at radius 1 is 1.62 bits per heavy atom. The quantitative estimate of drug-likeness (QED) is 0.918. The second kappa shape index (κ2) is 4.51. The summed E-state index contributed by atoms with van der Waals surface area (Å²) in [5, 5.41) is 2.89. The van der Waals surface area contributed by atoms with Crippen molar-refractivity contribution < 1.29 is 9.53 Å².